The molecule has 0 aliphatic heterocycles. The van der Waals surface area contributed by atoms with Gasteiger partial charge in [0.25, 0.3) is 0 Å². The summed E-state index contributed by atoms with van der Waals surface area (Å²) in [5, 5.41) is -0.0584. The minimum absolute atomic E-state index is 0. The van der Waals surface area contributed by atoms with Gasteiger partial charge in [0.2, 0.25) is 0 Å². The van der Waals surface area contributed by atoms with Crippen LogP contribution in [0.5, 0.6) is 0 Å². The monoisotopic (exact) mass is 794 g/mol. The summed E-state index contributed by atoms with van der Waals surface area (Å²) in [6.07, 6.45) is 18.7. The summed E-state index contributed by atoms with van der Waals surface area (Å²) in [4.78, 5) is 0. The second-order valence-electron chi connectivity index (χ2n) is 14.0. The number of hydrogen-bond acceptors (Lipinski definition) is 4. The summed E-state index contributed by atoms with van der Waals surface area (Å²) in [7, 11) is -2.34. The summed E-state index contributed by atoms with van der Waals surface area (Å²) >= 11 is 0. The third kappa shape index (κ3) is 9.53. The largest absolute Gasteiger partial charge is 0.522 e. The molecule has 5 nitrogen and oxygen atoms in total. The maximum absolute atomic E-state index is 10.7. The van der Waals surface area contributed by atoms with Gasteiger partial charge in [-0.25, -0.2) is 0 Å². The van der Waals surface area contributed by atoms with E-state index in [0.717, 1.165) is 17.1 Å². The molecule has 0 spiro atoms. The van der Waals surface area contributed by atoms with Crippen LogP contribution in [0.25, 0.3) is 5.57 Å². The van der Waals surface area contributed by atoms with Gasteiger partial charge in [0, 0.05) is 33.1 Å². The van der Waals surface area contributed by atoms with Gasteiger partial charge in [-0.3, -0.25) is 4.55 Å². The van der Waals surface area contributed by atoms with Crippen molar-refractivity contribution in [1.29, 1.82) is 0 Å². The van der Waals surface area contributed by atoms with Crippen molar-refractivity contribution >= 4 is 23.6 Å². The van der Waals surface area contributed by atoms with E-state index in [-0.39, 0.29) is 39.6 Å². The third-order valence-corrected chi connectivity index (χ3v) is 15.2. The van der Waals surface area contributed by atoms with Crippen LogP contribution in [0.2, 0.25) is 0 Å². The Balaban J connectivity index is 0.000000758. The predicted octanol–water partition coefficient (Wildman–Crippen LogP) is 10.8. The second-order valence-corrected chi connectivity index (χ2v) is 18.4. The molecular weight excluding hydrogens is 739 g/mol. The van der Waals surface area contributed by atoms with Crippen LogP contribution in [0, 0.1) is 5.92 Å². The van der Waals surface area contributed by atoms with E-state index in [4.69, 9.17) is 22.4 Å². The molecule has 0 radical (unpaired) electrons. The number of halogens is 3. The molecule has 47 heavy (non-hydrogen) atoms. The average molecular weight is 795 g/mol. The molecule has 0 bridgehead atoms. The minimum Gasteiger partial charge on any atom is -0.496 e. The van der Waals surface area contributed by atoms with Crippen molar-refractivity contribution in [2.75, 3.05) is 14.2 Å². The molecule has 0 amide bonds. The van der Waals surface area contributed by atoms with Crippen molar-refractivity contribution in [1.82, 2.24) is 0 Å². The third-order valence-electron chi connectivity index (χ3n) is 10.1. The smallest absolute Gasteiger partial charge is 0.496 e. The Kier molecular flexibility index (Phi) is 16.2. The van der Waals surface area contributed by atoms with Crippen molar-refractivity contribution in [3.8, 4) is 0 Å². The van der Waals surface area contributed by atoms with Gasteiger partial charge >= 0.3 is 15.6 Å². The number of alkyl halides is 3. The van der Waals surface area contributed by atoms with E-state index in [9.17, 15) is 13.2 Å². The Hall–Kier alpha value is -0.748. The molecule has 4 rings (SSSR count). The van der Waals surface area contributed by atoms with E-state index in [1.807, 2.05) is 14.2 Å². The maximum Gasteiger partial charge on any atom is 0.522 e. The Bertz CT molecular complexity index is 1300. The molecule has 3 aliphatic rings. The van der Waals surface area contributed by atoms with E-state index in [1.54, 1.807) is 0 Å². The van der Waals surface area contributed by atoms with Gasteiger partial charge in [-0.2, -0.15) is 21.6 Å². The van der Waals surface area contributed by atoms with Gasteiger partial charge in [0.15, 0.2) is 0 Å². The zero-order chi connectivity index (χ0) is 34.4. The molecule has 0 aromatic heterocycles. The first-order valence-electron chi connectivity index (χ1n) is 17.0. The normalized spacial score (nSPS) is 23.3. The molecule has 0 heterocycles. The van der Waals surface area contributed by atoms with Gasteiger partial charge in [0.05, 0.1) is 18.4 Å². The molecule has 2 saturated carbocycles. The average Bonchev–Trinajstić information content (AvgIpc) is 3.00. The molecule has 2 fully saturated rings. The number of hydrogen-bond donors (Lipinski definition) is 1. The Labute approximate surface area is 297 Å². The fourth-order valence-corrected chi connectivity index (χ4v) is 13.2. The zero-order valence-electron chi connectivity index (χ0n) is 29.3. The molecule has 1 aromatic rings. The van der Waals surface area contributed by atoms with Crippen LogP contribution < -0.4 is 0 Å². The molecule has 3 aliphatic carbocycles. The van der Waals surface area contributed by atoms with Crippen molar-refractivity contribution in [2.45, 2.75) is 146 Å². The first kappa shape index (κ1) is 42.4. The van der Waals surface area contributed by atoms with Crippen LogP contribution in [0.4, 0.5) is 13.2 Å². The van der Waals surface area contributed by atoms with Crippen LogP contribution >= 0.6 is 7.92 Å². The van der Waals surface area contributed by atoms with Crippen molar-refractivity contribution < 1.29 is 56.0 Å². The fourth-order valence-electron chi connectivity index (χ4n) is 7.98. The molecule has 11 heteroatoms. The Morgan fingerprint density at radius 2 is 1.36 bits per heavy atom. The summed E-state index contributed by atoms with van der Waals surface area (Å²) in [5.41, 5.74) is 1.89. The molecule has 1 aromatic carbocycles. The first-order chi connectivity index (χ1) is 21.5. The van der Waals surface area contributed by atoms with Crippen LogP contribution in [0.1, 0.15) is 134 Å². The van der Waals surface area contributed by atoms with Crippen molar-refractivity contribution in [3.63, 3.8) is 0 Å². The van der Waals surface area contributed by atoms with Gasteiger partial charge < -0.3 is 9.47 Å². The summed E-state index contributed by atoms with van der Waals surface area (Å²) in [6, 6.07) is 7.35. The van der Waals surface area contributed by atoms with Crippen LogP contribution in [-0.4, -0.2) is 55.3 Å². The standard InChI is InChI=1S/C35H55O2P.CHF3O3S.Pd/c1-24(2)27-19-20-30(31(23-27)25(3)4)34-32(36-7)21-22-33(37-8)35(34,26(5)6)38(28-15-11-9-12-16-28)29-17-13-10-14-18-29;2-1(3,4)8(5,6)7;/h19-26,28-29,33H,9-18H2,1-8H3;(H,5,6,7);. The van der Waals surface area contributed by atoms with Gasteiger partial charge in [-0.1, -0.05) is 112 Å². The van der Waals surface area contributed by atoms with E-state index < -0.39 is 15.6 Å². The van der Waals surface area contributed by atoms with E-state index in [2.05, 4.69) is 71.9 Å². The van der Waals surface area contributed by atoms with Crippen molar-refractivity contribution in [3.05, 3.63) is 52.8 Å². The van der Waals surface area contributed by atoms with Crippen LogP contribution in [0.3, 0.4) is 0 Å². The van der Waals surface area contributed by atoms with Crippen molar-refractivity contribution in [2.24, 2.45) is 5.92 Å². The molecule has 1 N–H and O–H groups in total. The summed E-state index contributed by atoms with van der Waals surface area (Å²) < 4.78 is 70.5. The SMILES string of the molecule is COC1=C(c2ccc(C(C)C)cc2C(C)C)C(C(C)C)(P(C2CCCCC2)C2CCCCC2)C(OC)C=C1.O=S(=O)(O)C(F)(F)F.[Pd]. The fraction of sp³-hybridized carbons (Fsp3) is 0.722. The van der Waals surface area contributed by atoms with Gasteiger partial charge in [-0.15, -0.1) is 0 Å². The van der Waals surface area contributed by atoms with E-state index >= 15 is 0 Å². The minimum atomic E-state index is -5.84. The van der Waals surface area contributed by atoms with Crippen LogP contribution in [-0.2, 0) is 40.0 Å². The number of benzene rings is 1. The van der Waals surface area contributed by atoms with Crippen LogP contribution in [0.15, 0.2) is 36.1 Å². The second kappa shape index (κ2) is 18.0. The molecule has 272 valence electrons. The number of ether oxygens (including phenoxy) is 2. The quantitative estimate of drug-likeness (QED) is 0.117. The zero-order valence-corrected chi connectivity index (χ0v) is 32.6. The number of methoxy groups -OCH3 is 2. The van der Waals surface area contributed by atoms with Gasteiger partial charge in [0.1, 0.15) is 5.76 Å². The Morgan fingerprint density at radius 1 is 0.872 bits per heavy atom. The van der Waals surface area contributed by atoms with E-state index in [1.165, 1.54) is 86.5 Å². The Morgan fingerprint density at radius 3 is 1.72 bits per heavy atom. The predicted molar refractivity (Wildman–Crippen MR) is 184 cm³/mol. The maximum atomic E-state index is 10.7. The van der Waals surface area contributed by atoms with Gasteiger partial charge in [-0.05, 0) is 77.5 Å². The van der Waals surface area contributed by atoms with E-state index in [0.29, 0.717) is 17.8 Å². The molecule has 2 atom stereocenters. The molecule has 2 unspecified atom stereocenters. The summed E-state index contributed by atoms with van der Waals surface area (Å²) in [6.45, 7) is 14.4. The summed E-state index contributed by atoms with van der Waals surface area (Å²) in [5.74, 6) is 2.50. The molecular formula is C36H56F3O5PPdS. The number of rotatable bonds is 9. The number of allylic oxidation sites excluding steroid dienone is 1. The first-order valence-corrected chi connectivity index (χ1v) is 19.9. The topological polar surface area (TPSA) is 72.8 Å². The molecule has 0 saturated heterocycles.